The molecule has 1 saturated carbocycles. The maximum atomic E-state index is 13.1. The van der Waals surface area contributed by atoms with Crippen LogP contribution in [-0.4, -0.2) is 45.7 Å². The molecule has 0 amide bonds. The fraction of sp³-hybridized carbons (Fsp3) is 0.556. The number of imidazole rings is 1. The number of nitrogen functional groups attached to an aromatic ring is 1. The Morgan fingerprint density at radius 3 is 2.59 bits per heavy atom. The van der Waals surface area contributed by atoms with Gasteiger partial charge in [0.1, 0.15) is 11.6 Å². The zero-order valence-electron chi connectivity index (χ0n) is 15.2. The number of rotatable bonds is 5. The third-order valence-corrected chi connectivity index (χ3v) is 5.40. The summed E-state index contributed by atoms with van der Waals surface area (Å²) in [5.74, 6) is 0.843. The quantitative estimate of drug-likeness (QED) is 0.863. The number of anilines is 1. The molecule has 6 nitrogen and oxygen atoms in total. The van der Waals surface area contributed by atoms with Gasteiger partial charge in [-0.3, -0.25) is 4.90 Å². The van der Waals surface area contributed by atoms with E-state index < -0.39 is 17.6 Å². The summed E-state index contributed by atoms with van der Waals surface area (Å²) >= 11 is 0. The lowest BCUT2D eigenvalue weighted by Crippen LogP contribution is -2.49. The number of nitrogens with two attached hydrogens (primary N) is 1. The van der Waals surface area contributed by atoms with E-state index in [1.54, 1.807) is 6.20 Å². The molecule has 1 aliphatic carbocycles. The van der Waals surface area contributed by atoms with E-state index in [1.165, 1.54) is 6.20 Å². The van der Waals surface area contributed by atoms with Gasteiger partial charge in [0, 0.05) is 25.0 Å². The predicted octanol–water partition coefficient (Wildman–Crippen LogP) is 2.86. The third-order valence-electron chi connectivity index (χ3n) is 5.40. The molecule has 9 heteroatoms. The Labute approximate surface area is 155 Å². The Bertz CT molecular complexity index is 842. The molecule has 2 fully saturated rings. The Morgan fingerprint density at radius 1 is 1.33 bits per heavy atom. The van der Waals surface area contributed by atoms with E-state index in [0.717, 1.165) is 24.7 Å². The first-order valence-electron chi connectivity index (χ1n) is 8.91. The summed E-state index contributed by atoms with van der Waals surface area (Å²) in [6, 6.07) is 1.50. The second kappa shape index (κ2) is 6.49. The van der Waals surface area contributed by atoms with Crippen LogP contribution in [-0.2, 0) is 18.0 Å². The standard InChI is InChI=1S/C18H22F3N5O/c1-25-7-14(11-5-13(18(19,20)21)16(22)23-6-11)24-17(25)15(10-3-4-10)26(2)12-8-27-9-12/h5-7,10,12,15H,3-4,8-9H2,1-2H3,(H2,22,23). The molecule has 2 aliphatic rings. The molecule has 0 aromatic carbocycles. The van der Waals surface area contributed by atoms with Crippen molar-refractivity contribution < 1.29 is 17.9 Å². The van der Waals surface area contributed by atoms with Gasteiger partial charge in [-0.2, -0.15) is 13.2 Å². The van der Waals surface area contributed by atoms with Crippen LogP contribution >= 0.6 is 0 Å². The zero-order chi connectivity index (χ0) is 19.3. The lowest BCUT2D eigenvalue weighted by atomic mass is 10.1. The summed E-state index contributed by atoms with van der Waals surface area (Å²) in [5, 5.41) is 0. The van der Waals surface area contributed by atoms with Crippen molar-refractivity contribution in [3.05, 3.63) is 29.8 Å². The Morgan fingerprint density at radius 2 is 2.04 bits per heavy atom. The normalized spacial score (nSPS) is 19.3. The minimum Gasteiger partial charge on any atom is -0.383 e. The number of halogens is 3. The molecule has 0 spiro atoms. The van der Waals surface area contributed by atoms with E-state index in [1.807, 2.05) is 11.6 Å². The minimum atomic E-state index is -4.55. The van der Waals surface area contributed by atoms with Gasteiger partial charge in [-0.1, -0.05) is 0 Å². The van der Waals surface area contributed by atoms with E-state index in [0.29, 0.717) is 36.4 Å². The molecular formula is C18H22F3N5O. The van der Waals surface area contributed by atoms with E-state index in [9.17, 15) is 13.2 Å². The monoisotopic (exact) mass is 381 g/mol. The number of likely N-dealkylation sites (N-methyl/N-ethyl adjacent to an activating group) is 1. The lowest BCUT2D eigenvalue weighted by molar-refractivity contribution is -0.137. The van der Waals surface area contributed by atoms with Gasteiger partial charge >= 0.3 is 6.18 Å². The van der Waals surface area contributed by atoms with Crippen molar-refractivity contribution in [2.24, 2.45) is 13.0 Å². The molecule has 2 aromatic rings. The highest BCUT2D eigenvalue weighted by molar-refractivity contribution is 5.62. The number of alkyl halides is 3. The van der Waals surface area contributed by atoms with Crippen LogP contribution in [0.15, 0.2) is 18.5 Å². The molecular weight excluding hydrogens is 359 g/mol. The summed E-state index contributed by atoms with van der Waals surface area (Å²) in [6.45, 7) is 1.40. The van der Waals surface area contributed by atoms with Gasteiger partial charge in [0.15, 0.2) is 0 Å². The van der Waals surface area contributed by atoms with Gasteiger partial charge in [-0.15, -0.1) is 0 Å². The Hall–Kier alpha value is -2.13. The van der Waals surface area contributed by atoms with Crippen molar-refractivity contribution in [2.75, 3.05) is 26.0 Å². The van der Waals surface area contributed by atoms with E-state index in [4.69, 9.17) is 10.5 Å². The Balaban J connectivity index is 1.69. The Kier molecular flexibility index (Phi) is 4.38. The molecule has 0 radical (unpaired) electrons. The SMILES string of the molecule is CN(C1COC1)C(c1nc(-c2cnc(N)c(C(F)(F)F)c2)cn1C)C1CC1. The molecule has 2 aromatic heterocycles. The topological polar surface area (TPSA) is 69.2 Å². The first kappa shape index (κ1) is 18.2. The average Bonchev–Trinajstić information content (AvgIpc) is 3.29. The van der Waals surface area contributed by atoms with Crippen molar-refractivity contribution in [3.63, 3.8) is 0 Å². The third kappa shape index (κ3) is 3.41. The molecule has 27 heavy (non-hydrogen) atoms. The molecule has 0 bridgehead atoms. The number of pyridine rings is 1. The molecule has 1 unspecified atom stereocenters. The predicted molar refractivity (Wildman–Crippen MR) is 93.7 cm³/mol. The second-order valence-corrected chi connectivity index (χ2v) is 7.39. The van der Waals surface area contributed by atoms with Gasteiger partial charge in [0.05, 0.1) is 36.6 Å². The smallest absolute Gasteiger partial charge is 0.383 e. The number of aryl methyl sites for hydroxylation is 1. The fourth-order valence-corrected chi connectivity index (χ4v) is 3.56. The lowest BCUT2D eigenvalue weighted by Gasteiger charge is -2.39. The summed E-state index contributed by atoms with van der Waals surface area (Å²) < 4.78 is 46.7. The summed E-state index contributed by atoms with van der Waals surface area (Å²) in [4.78, 5) is 10.7. The maximum Gasteiger partial charge on any atom is 0.419 e. The van der Waals surface area contributed by atoms with Crippen molar-refractivity contribution in [1.29, 1.82) is 0 Å². The fourth-order valence-electron chi connectivity index (χ4n) is 3.56. The van der Waals surface area contributed by atoms with Crippen LogP contribution in [0.2, 0.25) is 0 Å². The summed E-state index contributed by atoms with van der Waals surface area (Å²) in [6.07, 6.45) is 0.806. The molecule has 1 atom stereocenters. The minimum absolute atomic E-state index is 0.126. The first-order valence-corrected chi connectivity index (χ1v) is 8.91. The number of hydrogen-bond acceptors (Lipinski definition) is 5. The van der Waals surface area contributed by atoms with E-state index >= 15 is 0 Å². The molecule has 4 rings (SSSR count). The van der Waals surface area contributed by atoms with Crippen LogP contribution in [0, 0.1) is 5.92 Å². The van der Waals surface area contributed by atoms with Crippen LogP contribution in [0.4, 0.5) is 19.0 Å². The molecule has 3 heterocycles. The van der Waals surface area contributed by atoms with Crippen molar-refractivity contribution in [3.8, 4) is 11.3 Å². The van der Waals surface area contributed by atoms with Gasteiger partial charge in [-0.05, 0) is 31.9 Å². The first-order chi connectivity index (χ1) is 12.8. The van der Waals surface area contributed by atoms with Crippen LogP contribution in [0.5, 0.6) is 0 Å². The molecule has 146 valence electrons. The van der Waals surface area contributed by atoms with Gasteiger partial charge in [0.25, 0.3) is 0 Å². The van der Waals surface area contributed by atoms with Crippen LogP contribution in [0.3, 0.4) is 0 Å². The number of hydrogen-bond donors (Lipinski definition) is 1. The average molecular weight is 381 g/mol. The summed E-state index contributed by atoms with van der Waals surface area (Å²) in [7, 11) is 3.94. The van der Waals surface area contributed by atoms with Gasteiger partial charge in [-0.25, -0.2) is 9.97 Å². The molecule has 1 saturated heterocycles. The largest absolute Gasteiger partial charge is 0.419 e. The van der Waals surface area contributed by atoms with Crippen LogP contribution in [0.1, 0.15) is 30.3 Å². The van der Waals surface area contributed by atoms with Crippen LogP contribution in [0.25, 0.3) is 11.3 Å². The van der Waals surface area contributed by atoms with E-state index in [2.05, 4.69) is 21.9 Å². The van der Waals surface area contributed by atoms with Gasteiger partial charge < -0.3 is 15.0 Å². The van der Waals surface area contributed by atoms with E-state index in [-0.39, 0.29) is 6.04 Å². The number of nitrogens with zero attached hydrogens (tertiary/aromatic N) is 4. The van der Waals surface area contributed by atoms with Crippen molar-refractivity contribution >= 4 is 5.82 Å². The van der Waals surface area contributed by atoms with Crippen LogP contribution < -0.4 is 5.73 Å². The molecule has 1 aliphatic heterocycles. The summed E-state index contributed by atoms with van der Waals surface area (Å²) in [5.41, 5.74) is 5.24. The highest BCUT2D eigenvalue weighted by Crippen LogP contribution is 2.45. The highest BCUT2D eigenvalue weighted by Gasteiger charge is 2.41. The zero-order valence-corrected chi connectivity index (χ0v) is 15.2. The maximum absolute atomic E-state index is 13.1. The van der Waals surface area contributed by atoms with Crippen molar-refractivity contribution in [1.82, 2.24) is 19.4 Å². The van der Waals surface area contributed by atoms with Gasteiger partial charge in [0.2, 0.25) is 0 Å². The van der Waals surface area contributed by atoms with Crippen molar-refractivity contribution in [2.45, 2.75) is 31.1 Å². The second-order valence-electron chi connectivity index (χ2n) is 7.39. The number of ether oxygens (including phenoxy) is 1. The number of aromatic nitrogens is 3. The molecule has 2 N–H and O–H groups in total. The highest BCUT2D eigenvalue weighted by atomic mass is 19.4.